The molecule has 0 aliphatic carbocycles. The number of hydrogen-bond donors (Lipinski definition) is 5. The molecule has 0 fully saturated rings. The van der Waals surface area contributed by atoms with Crippen molar-refractivity contribution in [3.05, 3.63) is 0 Å². The van der Waals surface area contributed by atoms with Gasteiger partial charge >= 0.3 is 0 Å². The molecule has 0 aliphatic heterocycles. The molecule has 0 heterocycles. The highest BCUT2D eigenvalue weighted by molar-refractivity contribution is 5.77. The zero-order chi connectivity index (χ0) is 59.7. The minimum atomic E-state index is 0.0682. The van der Waals surface area contributed by atoms with E-state index in [9.17, 15) is 24.0 Å². The Morgan fingerprint density at radius 1 is 0.256 bits per heavy atom. The Hall–Kier alpha value is -2.61. The van der Waals surface area contributed by atoms with Gasteiger partial charge in [0, 0.05) is 130 Å². The van der Waals surface area contributed by atoms with E-state index in [4.69, 9.17) is 0 Å². The average molecular weight is 1160 g/mol. The molecule has 0 saturated carbocycles. The topological polar surface area (TPSA) is 155 Å². The summed E-state index contributed by atoms with van der Waals surface area (Å²) in [5.41, 5.74) is 0. The van der Waals surface area contributed by atoms with E-state index in [1.54, 1.807) is 0 Å². The highest BCUT2D eigenvalue weighted by Gasteiger charge is 2.16. The van der Waals surface area contributed by atoms with Crippen LogP contribution in [0, 0.1) is 0 Å². The lowest BCUT2D eigenvalue weighted by Gasteiger charge is -2.28. The predicted molar refractivity (Wildman–Crippen MR) is 351 cm³/mol. The van der Waals surface area contributed by atoms with Crippen molar-refractivity contribution in [1.29, 1.82) is 0 Å². The second kappa shape index (κ2) is 65.9. The van der Waals surface area contributed by atoms with Crippen LogP contribution in [-0.4, -0.2) is 143 Å². The van der Waals surface area contributed by atoms with Gasteiger partial charge in [-0.05, 0) is 25.7 Å². The molecule has 0 aromatic heterocycles. The van der Waals surface area contributed by atoms with Gasteiger partial charge in [0.1, 0.15) is 6.29 Å². The summed E-state index contributed by atoms with van der Waals surface area (Å²) in [6, 6.07) is 0. The van der Waals surface area contributed by atoms with Gasteiger partial charge in [0.05, 0.1) is 0 Å². The molecule has 484 valence electrons. The third-order valence-corrected chi connectivity index (χ3v) is 16.5. The van der Waals surface area contributed by atoms with E-state index in [1.165, 1.54) is 205 Å². The fraction of sp³-hybridized carbons (Fsp3) is 0.928. The molecule has 0 saturated heterocycles. The van der Waals surface area contributed by atoms with E-state index in [0.717, 1.165) is 96.9 Å². The molecular weight excluding hydrogens is 1020 g/mol. The molecule has 0 aromatic carbocycles. The number of unbranched alkanes of at least 4 members (excludes halogenated alkanes) is 36. The number of aldehydes is 1. The monoisotopic (exact) mass is 1160 g/mol. The maximum atomic E-state index is 13.2. The summed E-state index contributed by atoms with van der Waals surface area (Å²) in [4.78, 5) is 70.6. The van der Waals surface area contributed by atoms with Crippen LogP contribution in [0.25, 0.3) is 0 Å². The summed E-state index contributed by atoms with van der Waals surface area (Å²) in [7, 11) is 0. The quantitative estimate of drug-likeness (QED) is 0.0296. The average Bonchev–Trinajstić information content (AvgIpc) is 3.47. The first kappa shape index (κ1) is 79.4. The van der Waals surface area contributed by atoms with Crippen LogP contribution in [0.2, 0.25) is 0 Å². The number of nitrogens with zero attached hydrogens (tertiary/aromatic N) is 3. The van der Waals surface area contributed by atoms with Gasteiger partial charge in [-0.25, -0.2) is 0 Å². The molecule has 13 nitrogen and oxygen atoms in total. The van der Waals surface area contributed by atoms with E-state index < -0.39 is 0 Å². The molecule has 0 aliphatic rings. The third kappa shape index (κ3) is 60.5. The van der Waals surface area contributed by atoms with Crippen molar-refractivity contribution in [2.45, 2.75) is 317 Å². The maximum Gasteiger partial charge on any atom is 0.221 e. The van der Waals surface area contributed by atoms with Crippen LogP contribution in [0.3, 0.4) is 0 Å². The number of nitrogens with one attached hydrogen (secondary N) is 5. The Morgan fingerprint density at radius 2 is 0.463 bits per heavy atom. The molecule has 0 aromatic rings. The van der Waals surface area contributed by atoms with E-state index in [-0.39, 0.29) is 23.6 Å². The van der Waals surface area contributed by atoms with Crippen LogP contribution >= 0.6 is 0 Å². The van der Waals surface area contributed by atoms with Crippen LogP contribution in [0.15, 0.2) is 0 Å². The Morgan fingerprint density at radius 3 is 0.695 bits per heavy atom. The van der Waals surface area contributed by atoms with Crippen LogP contribution in [0.5, 0.6) is 0 Å². The van der Waals surface area contributed by atoms with Gasteiger partial charge in [-0.2, -0.15) is 0 Å². The molecular formula is C69H138N8O5. The van der Waals surface area contributed by atoms with Crippen LogP contribution < -0.4 is 26.6 Å². The standard InChI is InChI=1S/C69H138N8O5/c1-5-9-13-17-21-25-29-33-37-41-50-71-66(79)46-57-75(56-45-65-78)61-54-70-55-62-77(60-49-69(82)74-53-44-40-36-32-28-24-20-16-12-8-4)64-63-76(58-47-67(80)72-51-42-38-34-30-26-22-18-14-10-6-2)59-48-68(81)73-52-43-39-35-31-27-23-19-15-11-7-3/h65,70H,5-64H2,1-4H3,(H,71,79)(H,72,80)(H,73,81)(H,74,82). The Kier molecular flexibility index (Phi) is 63.8. The second-order valence-electron chi connectivity index (χ2n) is 24.4. The maximum absolute atomic E-state index is 13.2. The number of hydrogen-bond acceptors (Lipinski definition) is 9. The fourth-order valence-electron chi connectivity index (χ4n) is 10.9. The normalized spacial score (nSPS) is 11.5. The summed E-state index contributed by atoms with van der Waals surface area (Å²) in [5.74, 6) is 0.298. The number of carbonyl (C=O) groups excluding carboxylic acids is 5. The van der Waals surface area contributed by atoms with E-state index in [1.807, 2.05) is 0 Å². The highest BCUT2D eigenvalue weighted by Crippen LogP contribution is 2.14. The minimum absolute atomic E-state index is 0.0682. The predicted octanol–water partition coefficient (Wildman–Crippen LogP) is 14.8. The highest BCUT2D eigenvalue weighted by atomic mass is 16.2. The molecule has 0 bridgehead atoms. The Bertz CT molecular complexity index is 1350. The first-order valence-corrected chi connectivity index (χ1v) is 35.7. The molecule has 4 amide bonds. The summed E-state index contributed by atoms with van der Waals surface area (Å²) in [6.45, 7) is 19.3. The number of amides is 4. The summed E-state index contributed by atoms with van der Waals surface area (Å²) in [6.07, 6.45) is 53.7. The van der Waals surface area contributed by atoms with Crippen LogP contribution in [0.4, 0.5) is 0 Å². The lowest BCUT2D eigenvalue weighted by molar-refractivity contribution is -0.123. The van der Waals surface area contributed by atoms with E-state index in [0.29, 0.717) is 91.0 Å². The number of rotatable bonds is 68. The van der Waals surface area contributed by atoms with Crippen LogP contribution in [-0.2, 0) is 24.0 Å². The lowest BCUT2D eigenvalue weighted by Crippen LogP contribution is -2.43. The molecule has 0 radical (unpaired) electrons. The second-order valence-corrected chi connectivity index (χ2v) is 24.4. The molecule has 5 N–H and O–H groups in total. The minimum Gasteiger partial charge on any atom is -0.356 e. The molecule has 0 rings (SSSR count). The molecule has 0 atom stereocenters. The Labute approximate surface area is 507 Å². The van der Waals surface area contributed by atoms with Crippen LogP contribution in [0.1, 0.15) is 317 Å². The van der Waals surface area contributed by atoms with Gasteiger partial charge in [0.2, 0.25) is 23.6 Å². The van der Waals surface area contributed by atoms with E-state index in [2.05, 4.69) is 69.0 Å². The third-order valence-electron chi connectivity index (χ3n) is 16.5. The van der Waals surface area contributed by atoms with Crippen molar-refractivity contribution in [1.82, 2.24) is 41.3 Å². The number of carbonyl (C=O) groups is 5. The summed E-state index contributed by atoms with van der Waals surface area (Å²) < 4.78 is 0. The largest absolute Gasteiger partial charge is 0.356 e. The lowest BCUT2D eigenvalue weighted by atomic mass is 10.1. The van der Waals surface area contributed by atoms with Crippen molar-refractivity contribution in [3.8, 4) is 0 Å². The van der Waals surface area contributed by atoms with Gasteiger partial charge in [0.25, 0.3) is 0 Å². The zero-order valence-corrected chi connectivity index (χ0v) is 54.9. The molecule has 0 spiro atoms. The van der Waals surface area contributed by atoms with Crippen molar-refractivity contribution < 1.29 is 24.0 Å². The molecule has 82 heavy (non-hydrogen) atoms. The Balaban J connectivity index is 5.44. The van der Waals surface area contributed by atoms with Crippen molar-refractivity contribution in [2.75, 3.05) is 98.2 Å². The first-order valence-electron chi connectivity index (χ1n) is 35.7. The van der Waals surface area contributed by atoms with E-state index >= 15 is 0 Å². The summed E-state index contributed by atoms with van der Waals surface area (Å²) in [5, 5.41) is 16.3. The van der Waals surface area contributed by atoms with Gasteiger partial charge in [-0.15, -0.1) is 0 Å². The van der Waals surface area contributed by atoms with Gasteiger partial charge in [-0.1, -0.05) is 259 Å². The van der Waals surface area contributed by atoms with Crippen molar-refractivity contribution in [3.63, 3.8) is 0 Å². The first-order chi connectivity index (χ1) is 40.3. The van der Waals surface area contributed by atoms with Gasteiger partial charge in [-0.3, -0.25) is 19.2 Å². The van der Waals surface area contributed by atoms with Gasteiger partial charge in [0.15, 0.2) is 0 Å². The smallest absolute Gasteiger partial charge is 0.221 e. The molecule has 13 heteroatoms. The van der Waals surface area contributed by atoms with Crippen molar-refractivity contribution in [2.24, 2.45) is 0 Å². The fourth-order valence-corrected chi connectivity index (χ4v) is 10.9. The molecule has 0 unspecified atom stereocenters. The summed E-state index contributed by atoms with van der Waals surface area (Å²) >= 11 is 0. The van der Waals surface area contributed by atoms with Crippen molar-refractivity contribution >= 4 is 29.9 Å². The van der Waals surface area contributed by atoms with Gasteiger partial charge < -0.3 is 46.1 Å². The zero-order valence-electron chi connectivity index (χ0n) is 54.9. The SMILES string of the molecule is CCCCCCCCCCCCNC(=O)CCN(CCC=O)CCNCCN(CCC(=O)NCCCCCCCCCCCC)CCN(CCC(=O)NCCCCCCCCCCCC)CCC(=O)NCCCCCCCCCCCC.